The number of rotatable bonds is 6. The van der Waals surface area contributed by atoms with Gasteiger partial charge in [-0.2, -0.15) is 0 Å². The maximum Gasteiger partial charge on any atom is 0.335 e. The van der Waals surface area contributed by atoms with Gasteiger partial charge in [-0.3, -0.25) is 9.99 Å². The van der Waals surface area contributed by atoms with Crippen molar-refractivity contribution in [2.75, 3.05) is 5.01 Å². The molecule has 0 saturated carbocycles. The summed E-state index contributed by atoms with van der Waals surface area (Å²) in [6.45, 7) is 1.97. The molecule has 0 amide bonds. The van der Waals surface area contributed by atoms with E-state index in [1.54, 1.807) is 18.3 Å². The quantitative estimate of drug-likeness (QED) is 0.262. The van der Waals surface area contributed by atoms with Crippen molar-refractivity contribution in [3.63, 3.8) is 0 Å². The molecule has 5 aromatic rings. The zero-order chi connectivity index (χ0) is 26.1. The van der Waals surface area contributed by atoms with E-state index in [-0.39, 0.29) is 11.6 Å². The third-order valence-electron chi connectivity index (χ3n) is 7.25. The van der Waals surface area contributed by atoms with E-state index in [2.05, 4.69) is 88.2 Å². The first-order chi connectivity index (χ1) is 18.6. The van der Waals surface area contributed by atoms with Crippen molar-refractivity contribution >= 4 is 11.7 Å². The molecule has 5 nitrogen and oxygen atoms in total. The number of pyridine rings is 1. The predicted octanol–water partition coefficient (Wildman–Crippen LogP) is 6.49. The SMILES string of the molecule is Cc1cc(C2NN(C(c3ccccc3)(c3ccccc3)c3ccccc3)c3ccc(C(=O)O)cc32)ccn1. The van der Waals surface area contributed by atoms with Crippen molar-refractivity contribution in [3.8, 4) is 0 Å². The number of benzene rings is 4. The van der Waals surface area contributed by atoms with E-state index in [0.717, 1.165) is 39.2 Å². The minimum absolute atomic E-state index is 0.257. The molecule has 0 spiro atoms. The maximum atomic E-state index is 12.0. The summed E-state index contributed by atoms with van der Waals surface area (Å²) < 4.78 is 0. The van der Waals surface area contributed by atoms with Gasteiger partial charge in [0.15, 0.2) is 0 Å². The molecular formula is C33H27N3O2. The van der Waals surface area contributed by atoms with Crippen LogP contribution in [0.15, 0.2) is 128 Å². The Hall–Kier alpha value is -4.74. The summed E-state index contributed by atoms with van der Waals surface area (Å²) in [5.41, 5.74) is 10.3. The second-order valence-electron chi connectivity index (χ2n) is 9.52. The van der Waals surface area contributed by atoms with E-state index in [1.165, 1.54) is 0 Å². The second kappa shape index (κ2) is 9.61. The maximum absolute atomic E-state index is 12.0. The van der Waals surface area contributed by atoms with Crippen molar-refractivity contribution in [1.82, 2.24) is 10.4 Å². The summed E-state index contributed by atoms with van der Waals surface area (Å²) in [6.07, 6.45) is 1.80. The predicted molar refractivity (Wildman–Crippen MR) is 149 cm³/mol. The number of aryl methyl sites for hydroxylation is 1. The van der Waals surface area contributed by atoms with Gasteiger partial charge < -0.3 is 5.11 Å². The van der Waals surface area contributed by atoms with Crippen molar-refractivity contribution < 1.29 is 9.90 Å². The van der Waals surface area contributed by atoms with E-state index in [0.29, 0.717) is 0 Å². The topological polar surface area (TPSA) is 65.5 Å². The number of hydrazine groups is 1. The van der Waals surface area contributed by atoms with Gasteiger partial charge in [0, 0.05) is 17.5 Å². The monoisotopic (exact) mass is 497 g/mol. The number of nitrogens with one attached hydrogen (secondary N) is 1. The molecule has 0 radical (unpaired) electrons. The number of carbonyl (C=O) groups is 1. The number of carboxylic acid groups (broad SMARTS) is 1. The van der Waals surface area contributed by atoms with Gasteiger partial charge in [0.05, 0.1) is 17.3 Å². The number of anilines is 1. The third kappa shape index (κ3) is 3.85. The largest absolute Gasteiger partial charge is 0.478 e. The zero-order valence-electron chi connectivity index (χ0n) is 21.0. The van der Waals surface area contributed by atoms with Crippen LogP contribution in [0.3, 0.4) is 0 Å². The highest BCUT2D eigenvalue weighted by atomic mass is 16.4. The first-order valence-corrected chi connectivity index (χ1v) is 12.6. The van der Waals surface area contributed by atoms with Gasteiger partial charge in [-0.1, -0.05) is 91.0 Å². The van der Waals surface area contributed by atoms with E-state index in [1.807, 2.05) is 43.3 Å². The first kappa shape index (κ1) is 23.6. The molecule has 0 bridgehead atoms. The number of hydrogen-bond acceptors (Lipinski definition) is 4. The van der Waals surface area contributed by atoms with E-state index in [4.69, 9.17) is 0 Å². The summed E-state index contributed by atoms with van der Waals surface area (Å²) in [4.78, 5) is 16.4. The fraction of sp³-hybridized carbons (Fsp3) is 0.0909. The molecular weight excluding hydrogens is 470 g/mol. The van der Waals surface area contributed by atoms with Crippen LogP contribution >= 0.6 is 0 Å². The molecule has 6 rings (SSSR count). The van der Waals surface area contributed by atoms with Crippen LogP contribution in [0.2, 0.25) is 0 Å². The van der Waals surface area contributed by atoms with Gasteiger partial charge in [-0.15, -0.1) is 0 Å². The van der Waals surface area contributed by atoms with Crippen LogP contribution in [-0.4, -0.2) is 16.1 Å². The summed E-state index contributed by atoms with van der Waals surface area (Å²) in [7, 11) is 0. The average Bonchev–Trinajstić information content (AvgIpc) is 3.34. The Bertz CT molecular complexity index is 1490. The van der Waals surface area contributed by atoms with Crippen LogP contribution in [0.4, 0.5) is 5.69 Å². The van der Waals surface area contributed by atoms with Crippen molar-refractivity contribution in [3.05, 3.63) is 167 Å². The Morgan fingerprint density at radius 2 is 1.34 bits per heavy atom. The molecule has 2 N–H and O–H groups in total. The molecule has 0 aliphatic carbocycles. The van der Waals surface area contributed by atoms with Crippen molar-refractivity contribution in [2.24, 2.45) is 0 Å². The van der Waals surface area contributed by atoms with Gasteiger partial charge in [0.2, 0.25) is 0 Å². The molecule has 4 aromatic carbocycles. The molecule has 2 heterocycles. The van der Waals surface area contributed by atoms with Crippen molar-refractivity contribution in [2.45, 2.75) is 18.5 Å². The van der Waals surface area contributed by atoms with Crippen LogP contribution < -0.4 is 10.4 Å². The second-order valence-corrected chi connectivity index (χ2v) is 9.52. The summed E-state index contributed by atoms with van der Waals surface area (Å²) >= 11 is 0. The molecule has 38 heavy (non-hydrogen) atoms. The number of aromatic nitrogens is 1. The molecule has 1 aromatic heterocycles. The van der Waals surface area contributed by atoms with Crippen LogP contribution in [0.25, 0.3) is 0 Å². The molecule has 0 saturated heterocycles. The van der Waals surface area contributed by atoms with E-state index < -0.39 is 11.5 Å². The van der Waals surface area contributed by atoms with Crippen molar-refractivity contribution in [1.29, 1.82) is 0 Å². The molecule has 1 aliphatic heterocycles. The Labute approximate surface area is 222 Å². The van der Waals surface area contributed by atoms with E-state index >= 15 is 0 Å². The molecule has 1 unspecified atom stereocenters. The van der Waals surface area contributed by atoms with Crippen LogP contribution in [0.1, 0.15) is 49.9 Å². The summed E-state index contributed by atoms with van der Waals surface area (Å²) in [5.74, 6) is -0.948. The van der Waals surface area contributed by atoms with Gasteiger partial charge in [0.1, 0.15) is 5.54 Å². The third-order valence-corrected chi connectivity index (χ3v) is 7.25. The van der Waals surface area contributed by atoms with Gasteiger partial charge in [-0.25, -0.2) is 10.2 Å². The lowest BCUT2D eigenvalue weighted by Gasteiger charge is -2.45. The lowest BCUT2D eigenvalue weighted by atomic mass is 9.76. The van der Waals surface area contributed by atoms with Crippen LogP contribution in [-0.2, 0) is 5.54 Å². The summed E-state index contributed by atoms with van der Waals surface area (Å²) in [5, 5.41) is 12.0. The average molecular weight is 498 g/mol. The Morgan fingerprint density at radius 1 is 0.789 bits per heavy atom. The highest BCUT2D eigenvalue weighted by Crippen LogP contribution is 2.49. The Morgan fingerprint density at radius 3 is 1.84 bits per heavy atom. The highest BCUT2D eigenvalue weighted by molar-refractivity contribution is 5.89. The Balaban J connectivity index is 1.68. The smallest absolute Gasteiger partial charge is 0.335 e. The zero-order valence-corrected chi connectivity index (χ0v) is 21.0. The number of nitrogens with zero attached hydrogens (tertiary/aromatic N) is 2. The number of hydrogen-bond donors (Lipinski definition) is 2. The van der Waals surface area contributed by atoms with Crippen LogP contribution in [0, 0.1) is 6.92 Å². The molecule has 1 aliphatic rings. The minimum atomic E-state index is -0.948. The molecule has 5 heteroatoms. The van der Waals surface area contributed by atoms with Crippen LogP contribution in [0.5, 0.6) is 0 Å². The summed E-state index contributed by atoms with van der Waals surface area (Å²) in [6, 6.07) is 40.5. The fourth-order valence-electron chi connectivity index (χ4n) is 5.59. The molecule has 1 atom stereocenters. The highest BCUT2D eigenvalue weighted by Gasteiger charge is 2.47. The standard InChI is InChI=1S/C33H27N3O2/c1-23-21-24(19-20-34-23)31-29-22-25(32(37)38)17-18-30(29)36(35-31)33(26-11-5-2-6-12-26,27-13-7-3-8-14-27)28-15-9-4-10-16-28/h2-22,31,35H,1H3,(H,37,38). The van der Waals surface area contributed by atoms with Gasteiger partial charge in [0.25, 0.3) is 0 Å². The number of aromatic carboxylic acids is 1. The van der Waals surface area contributed by atoms with Gasteiger partial charge >= 0.3 is 5.97 Å². The number of fused-ring (bicyclic) bond motifs is 1. The molecule has 0 fully saturated rings. The Kier molecular flexibility index (Phi) is 5.98. The normalized spacial score (nSPS) is 14.8. The van der Waals surface area contributed by atoms with Gasteiger partial charge in [-0.05, 0) is 59.5 Å². The minimum Gasteiger partial charge on any atom is -0.478 e. The first-order valence-electron chi connectivity index (χ1n) is 12.6. The number of carboxylic acids is 1. The fourth-order valence-corrected chi connectivity index (χ4v) is 5.59. The lowest BCUT2D eigenvalue weighted by molar-refractivity contribution is 0.0697. The molecule has 186 valence electrons. The lowest BCUT2D eigenvalue weighted by Crippen LogP contribution is -2.53. The van der Waals surface area contributed by atoms with E-state index in [9.17, 15) is 9.90 Å².